The van der Waals surface area contributed by atoms with Crippen molar-refractivity contribution < 1.29 is 9.59 Å². The first-order chi connectivity index (χ1) is 13.6. The Morgan fingerprint density at radius 1 is 1.00 bits per heavy atom. The van der Waals surface area contributed by atoms with Gasteiger partial charge >= 0.3 is 0 Å². The van der Waals surface area contributed by atoms with Crippen LogP contribution in [0.2, 0.25) is 0 Å². The van der Waals surface area contributed by atoms with Crippen molar-refractivity contribution in [1.29, 1.82) is 0 Å². The summed E-state index contributed by atoms with van der Waals surface area (Å²) in [6.07, 6.45) is 3.94. The summed E-state index contributed by atoms with van der Waals surface area (Å²) in [5.41, 5.74) is 4.18. The zero-order valence-electron chi connectivity index (χ0n) is 17.0. The van der Waals surface area contributed by atoms with Gasteiger partial charge in [-0.1, -0.05) is 62.2 Å². The third-order valence-electron chi connectivity index (χ3n) is 5.50. The van der Waals surface area contributed by atoms with E-state index in [-0.39, 0.29) is 18.4 Å². The van der Waals surface area contributed by atoms with E-state index < -0.39 is 0 Å². The molecule has 1 heterocycles. The third-order valence-corrected chi connectivity index (χ3v) is 5.50. The Balaban J connectivity index is 1.71. The molecular weight excluding hydrogens is 348 g/mol. The maximum absolute atomic E-state index is 13.1. The fourth-order valence-corrected chi connectivity index (χ4v) is 3.76. The van der Waals surface area contributed by atoms with E-state index in [2.05, 4.69) is 19.1 Å². The van der Waals surface area contributed by atoms with Crippen LogP contribution in [0.1, 0.15) is 53.2 Å². The van der Waals surface area contributed by atoms with Crippen molar-refractivity contribution in [3.63, 3.8) is 0 Å². The van der Waals surface area contributed by atoms with Crippen LogP contribution in [0, 0.1) is 6.92 Å². The molecule has 2 aromatic rings. The Kier molecular flexibility index (Phi) is 6.85. The van der Waals surface area contributed by atoms with E-state index in [4.69, 9.17) is 0 Å². The van der Waals surface area contributed by atoms with Crippen LogP contribution in [0.3, 0.4) is 0 Å². The molecule has 0 atom stereocenters. The number of aryl methyl sites for hydroxylation is 1. The molecule has 0 spiro atoms. The first-order valence-electron chi connectivity index (χ1n) is 10.3. The van der Waals surface area contributed by atoms with Crippen molar-refractivity contribution in [3.8, 4) is 0 Å². The van der Waals surface area contributed by atoms with Crippen LogP contribution in [-0.4, -0.2) is 41.2 Å². The predicted octanol–water partition coefficient (Wildman–Crippen LogP) is 4.21. The molecule has 0 saturated heterocycles. The zero-order chi connectivity index (χ0) is 19.9. The van der Waals surface area contributed by atoms with Crippen LogP contribution in [-0.2, 0) is 17.8 Å². The van der Waals surface area contributed by atoms with Crippen molar-refractivity contribution in [3.05, 3.63) is 70.8 Å². The Morgan fingerprint density at radius 3 is 2.46 bits per heavy atom. The van der Waals surface area contributed by atoms with Gasteiger partial charge in [0.15, 0.2) is 0 Å². The maximum atomic E-state index is 13.1. The number of fused-ring (bicyclic) bond motifs is 1. The number of hydrogen-bond acceptors (Lipinski definition) is 2. The molecule has 1 aliphatic heterocycles. The average Bonchev–Trinajstić information content (AvgIpc) is 2.72. The molecule has 0 aliphatic carbocycles. The van der Waals surface area contributed by atoms with Crippen molar-refractivity contribution in [2.45, 2.75) is 46.1 Å². The van der Waals surface area contributed by atoms with Crippen LogP contribution >= 0.6 is 0 Å². The second-order valence-electron chi connectivity index (χ2n) is 7.58. The van der Waals surface area contributed by atoms with Gasteiger partial charge < -0.3 is 9.80 Å². The van der Waals surface area contributed by atoms with Gasteiger partial charge in [0.05, 0.1) is 0 Å². The smallest absolute Gasteiger partial charge is 0.254 e. The average molecular weight is 379 g/mol. The first kappa shape index (κ1) is 20.1. The fourth-order valence-electron chi connectivity index (χ4n) is 3.76. The standard InChI is InChI=1S/C24H30N2O2/c1-3-4-9-15-26(24(28)22-13-8-5-10-19(22)2)18-23(27)25-16-14-20-11-6-7-12-21(20)17-25/h5-8,10-13H,3-4,9,14-18H2,1-2H3. The van der Waals surface area contributed by atoms with Crippen LogP contribution in [0.5, 0.6) is 0 Å². The van der Waals surface area contributed by atoms with Gasteiger partial charge in [-0.25, -0.2) is 0 Å². The van der Waals surface area contributed by atoms with Crippen LogP contribution < -0.4 is 0 Å². The Bertz CT molecular complexity index is 831. The van der Waals surface area contributed by atoms with E-state index in [0.717, 1.165) is 37.8 Å². The van der Waals surface area contributed by atoms with Crippen LogP contribution in [0.15, 0.2) is 48.5 Å². The van der Waals surface area contributed by atoms with E-state index in [1.54, 1.807) is 4.90 Å². The number of hydrogen-bond donors (Lipinski definition) is 0. The molecule has 148 valence electrons. The number of amides is 2. The molecular formula is C24H30N2O2. The molecule has 4 nitrogen and oxygen atoms in total. The minimum atomic E-state index is -0.0417. The molecule has 0 unspecified atom stereocenters. The maximum Gasteiger partial charge on any atom is 0.254 e. The highest BCUT2D eigenvalue weighted by Gasteiger charge is 2.25. The SMILES string of the molecule is CCCCCN(CC(=O)N1CCc2ccccc2C1)C(=O)c1ccccc1C. The van der Waals surface area contributed by atoms with Gasteiger partial charge in [-0.3, -0.25) is 9.59 Å². The molecule has 3 rings (SSSR count). The fraction of sp³-hybridized carbons (Fsp3) is 0.417. The van der Waals surface area contributed by atoms with E-state index in [1.807, 2.05) is 48.2 Å². The summed E-state index contributed by atoms with van der Waals surface area (Å²) < 4.78 is 0. The lowest BCUT2D eigenvalue weighted by atomic mass is 10.00. The Hall–Kier alpha value is -2.62. The molecule has 2 amide bonds. The number of carbonyl (C=O) groups excluding carboxylic acids is 2. The molecule has 0 saturated carbocycles. The van der Waals surface area contributed by atoms with Gasteiger partial charge in [0.25, 0.3) is 5.91 Å². The highest BCUT2D eigenvalue weighted by molar-refractivity contribution is 5.97. The first-order valence-corrected chi connectivity index (χ1v) is 10.3. The summed E-state index contributed by atoms with van der Waals surface area (Å²) in [7, 11) is 0. The number of benzene rings is 2. The number of nitrogens with zero attached hydrogens (tertiary/aromatic N) is 2. The molecule has 28 heavy (non-hydrogen) atoms. The van der Waals surface area contributed by atoms with Crippen molar-refractivity contribution in [2.24, 2.45) is 0 Å². The summed E-state index contributed by atoms with van der Waals surface area (Å²) >= 11 is 0. The zero-order valence-corrected chi connectivity index (χ0v) is 17.0. The molecule has 0 aromatic heterocycles. The highest BCUT2D eigenvalue weighted by Crippen LogP contribution is 2.19. The lowest BCUT2D eigenvalue weighted by Crippen LogP contribution is -2.45. The van der Waals surface area contributed by atoms with Crippen molar-refractivity contribution in [1.82, 2.24) is 9.80 Å². The van der Waals surface area contributed by atoms with Gasteiger partial charge in [-0.15, -0.1) is 0 Å². The second kappa shape index (κ2) is 9.54. The minimum absolute atomic E-state index is 0.0351. The monoisotopic (exact) mass is 378 g/mol. The number of unbranched alkanes of at least 4 members (excludes halogenated alkanes) is 2. The lowest BCUT2D eigenvalue weighted by molar-refractivity contribution is -0.132. The predicted molar refractivity (Wildman–Crippen MR) is 112 cm³/mol. The third kappa shape index (κ3) is 4.80. The number of carbonyl (C=O) groups is 2. The van der Waals surface area contributed by atoms with Gasteiger partial charge in [0.2, 0.25) is 5.91 Å². The molecule has 0 radical (unpaired) electrons. The van der Waals surface area contributed by atoms with Crippen molar-refractivity contribution in [2.75, 3.05) is 19.6 Å². The Labute approximate surface area is 168 Å². The molecule has 2 aromatic carbocycles. The van der Waals surface area contributed by atoms with E-state index in [0.29, 0.717) is 18.7 Å². The van der Waals surface area contributed by atoms with Crippen LogP contribution in [0.25, 0.3) is 0 Å². The van der Waals surface area contributed by atoms with Crippen molar-refractivity contribution >= 4 is 11.8 Å². The van der Waals surface area contributed by atoms with Gasteiger partial charge in [0, 0.05) is 25.2 Å². The summed E-state index contributed by atoms with van der Waals surface area (Å²) in [5, 5.41) is 0. The largest absolute Gasteiger partial charge is 0.336 e. The second-order valence-corrected chi connectivity index (χ2v) is 7.58. The quantitative estimate of drug-likeness (QED) is 0.677. The lowest BCUT2D eigenvalue weighted by Gasteiger charge is -2.31. The summed E-state index contributed by atoms with van der Waals surface area (Å²) in [5.74, 6) is -0.00658. The molecule has 0 N–H and O–H groups in total. The minimum Gasteiger partial charge on any atom is -0.336 e. The van der Waals surface area contributed by atoms with Gasteiger partial charge in [-0.2, -0.15) is 0 Å². The van der Waals surface area contributed by atoms with E-state index in [1.165, 1.54) is 11.1 Å². The van der Waals surface area contributed by atoms with Gasteiger partial charge in [-0.05, 0) is 42.5 Å². The number of rotatable bonds is 7. The summed E-state index contributed by atoms with van der Waals surface area (Å²) in [6, 6.07) is 15.9. The molecule has 4 heteroatoms. The Morgan fingerprint density at radius 2 is 1.71 bits per heavy atom. The van der Waals surface area contributed by atoms with Crippen LogP contribution in [0.4, 0.5) is 0 Å². The molecule has 0 bridgehead atoms. The molecule has 0 fully saturated rings. The topological polar surface area (TPSA) is 40.6 Å². The van der Waals surface area contributed by atoms with E-state index in [9.17, 15) is 9.59 Å². The normalized spacial score (nSPS) is 13.1. The summed E-state index contributed by atoms with van der Waals surface area (Å²) in [4.78, 5) is 29.8. The molecule has 1 aliphatic rings. The summed E-state index contributed by atoms with van der Waals surface area (Å²) in [6.45, 7) is 6.22. The highest BCUT2D eigenvalue weighted by atomic mass is 16.2. The van der Waals surface area contributed by atoms with Gasteiger partial charge in [0.1, 0.15) is 6.54 Å². The van der Waals surface area contributed by atoms with E-state index >= 15 is 0 Å².